The molecule has 0 saturated carbocycles. The van der Waals surface area contributed by atoms with Gasteiger partial charge >= 0.3 is 0 Å². The molecule has 0 bridgehead atoms. The van der Waals surface area contributed by atoms with Gasteiger partial charge in [0.05, 0.1) is 11.4 Å². The number of hydrogen-bond donors (Lipinski definition) is 0. The highest BCUT2D eigenvalue weighted by Gasteiger charge is 2.23. The van der Waals surface area contributed by atoms with Crippen molar-refractivity contribution in [3.05, 3.63) is 59.7 Å². The number of amides is 1. The average Bonchev–Trinajstić information content (AvgIpc) is 2.67. The summed E-state index contributed by atoms with van der Waals surface area (Å²) in [4.78, 5) is 28.2. The molecule has 1 aliphatic heterocycles. The Kier molecular flexibility index (Phi) is 6.11. The molecule has 0 atom stereocenters. The molecule has 0 aromatic heterocycles. The fraction of sp³-hybridized carbons (Fsp3) is 0.300. The number of carbonyl (C=O) groups excluding carboxylic acids is 2. The second-order valence-corrected chi connectivity index (χ2v) is 7.38. The van der Waals surface area contributed by atoms with E-state index >= 15 is 0 Å². The molecule has 0 unspecified atom stereocenters. The smallest absolute Gasteiger partial charge is 0.233 e. The Balaban J connectivity index is 1.53. The molecular formula is C20H20F2N2O2S. The molecule has 4 nitrogen and oxygen atoms in total. The molecule has 1 heterocycles. The third kappa shape index (κ3) is 4.86. The number of thioether (sulfide) groups is 1. The normalized spacial score (nSPS) is 14.3. The molecule has 3 rings (SSSR count). The van der Waals surface area contributed by atoms with Crippen LogP contribution in [0.5, 0.6) is 0 Å². The third-order valence-corrected chi connectivity index (χ3v) is 5.50. The number of benzene rings is 2. The van der Waals surface area contributed by atoms with Gasteiger partial charge in [0.15, 0.2) is 5.78 Å². The maximum absolute atomic E-state index is 14.3. The summed E-state index contributed by atoms with van der Waals surface area (Å²) in [5, 5.41) is 0. The van der Waals surface area contributed by atoms with Crippen molar-refractivity contribution in [3.63, 3.8) is 0 Å². The first-order chi connectivity index (χ1) is 12.9. The number of nitrogens with zero attached hydrogens (tertiary/aromatic N) is 2. The zero-order valence-corrected chi connectivity index (χ0v) is 15.8. The van der Waals surface area contributed by atoms with Crippen molar-refractivity contribution in [2.45, 2.75) is 11.8 Å². The van der Waals surface area contributed by atoms with Gasteiger partial charge in [0.2, 0.25) is 5.91 Å². The molecular weight excluding hydrogens is 370 g/mol. The van der Waals surface area contributed by atoms with Crippen LogP contribution in [-0.2, 0) is 4.79 Å². The van der Waals surface area contributed by atoms with Gasteiger partial charge in [-0.2, -0.15) is 0 Å². The van der Waals surface area contributed by atoms with E-state index in [1.165, 1.54) is 36.9 Å². The van der Waals surface area contributed by atoms with E-state index in [0.717, 1.165) is 4.90 Å². The number of rotatable bonds is 5. The van der Waals surface area contributed by atoms with Crippen LogP contribution < -0.4 is 4.90 Å². The highest BCUT2D eigenvalue weighted by molar-refractivity contribution is 8.00. The summed E-state index contributed by atoms with van der Waals surface area (Å²) in [7, 11) is 0. The first kappa shape index (κ1) is 19.4. The van der Waals surface area contributed by atoms with Crippen LogP contribution in [0.1, 0.15) is 17.3 Å². The van der Waals surface area contributed by atoms with Crippen LogP contribution in [0.15, 0.2) is 47.4 Å². The predicted molar refractivity (Wildman–Crippen MR) is 102 cm³/mol. The van der Waals surface area contributed by atoms with E-state index in [4.69, 9.17) is 0 Å². The number of carbonyl (C=O) groups is 2. The van der Waals surface area contributed by atoms with Crippen LogP contribution in [0, 0.1) is 11.6 Å². The molecule has 0 N–H and O–H groups in total. The molecule has 1 aliphatic rings. The predicted octanol–water partition coefficient (Wildman–Crippen LogP) is 3.61. The number of Topliss-reactive ketones (excluding diaryl/α,β-unsaturated/α-hetero) is 1. The Morgan fingerprint density at radius 3 is 2.26 bits per heavy atom. The minimum Gasteiger partial charge on any atom is -0.366 e. The minimum absolute atomic E-state index is 0.0105. The zero-order valence-electron chi connectivity index (χ0n) is 15.0. The van der Waals surface area contributed by atoms with Crippen molar-refractivity contribution in [3.8, 4) is 0 Å². The van der Waals surface area contributed by atoms with Gasteiger partial charge in [0.1, 0.15) is 11.6 Å². The lowest BCUT2D eigenvalue weighted by atomic mass is 10.1. The van der Waals surface area contributed by atoms with E-state index in [9.17, 15) is 18.4 Å². The Morgan fingerprint density at radius 1 is 1.00 bits per heavy atom. The fourth-order valence-corrected chi connectivity index (χ4v) is 3.75. The highest BCUT2D eigenvalue weighted by Crippen LogP contribution is 2.23. The van der Waals surface area contributed by atoms with Crippen molar-refractivity contribution < 1.29 is 18.4 Å². The molecule has 0 aliphatic carbocycles. The van der Waals surface area contributed by atoms with E-state index < -0.39 is 5.82 Å². The molecule has 27 heavy (non-hydrogen) atoms. The maximum Gasteiger partial charge on any atom is 0.233 e. The zero-order chi connectivity index (χ0) is 19.4. The number of anilines is 1. The number of piperazine rings is 1. The standard InChI is InChI=1S/C20H20F2N2O2S/c1-14(25)15-2-7-19(18(22)12-15)23-8-10-24(11-9-23)20(26)13-27-17-5-3-16(21)4-6-17/h2-7,12H,8-11,13H2,1H3. The van der Waals surface area contributed by atoms with Gasteiger partial charge in [-0.05, 0) is 49.4 Å². The first-order valence-electron chi connectivity index (χ1n) is 8.65. The van der Waals surface area contributed by atoms with E-state index in [0.29, 0.717) is 37.4 Å². The highest BCUT2D eigenvalue weighted by atomic mass is 32.2. The molecule has 0 radical (unpaired) electrons. The van der Waals surface area contributed by atoms with Crippen molar-refractivity contribution in [1.82, 2.24) is 4.90 Å². The van der Waals surface area contributed by atoms with Gasteiger partial charge < -0.3 is 9.80 Å². The van der Waals surface area contributed by atoms with Crippen molar-refractivity contribution in [1.29, 1.82) is 0 Å². The van der Waals surface area contributed by atoms with Gasteiger partial charge in [-0.3, -0.25) is 9.59 Å². The van der Waals surface area contributed by atoms with Crippen molar-refractivity contribution >= 4 is 29.1 Å². The van der Waals surface area contributed by atoms with Gasteiger partial charge in [0.25, 0.3) is 0 Å². The first-order valence-corrected chi connectivity index (χ1v) is 9.64. The van der Waals surface area contributed by atoms with Gasteiger partial charge in [0, 0.05) is 36.6 Å². The third-order valence-electron chi connectivity index (χ3n) is 4.50. The van der Waals surface area contributed by atoms with Crippen LogP contribution in [-0.4, -0.2) is 48.5 Å². The Bertz CT molecular complexity index is 834. The Hall–Kier alpha value is -2.41. The molecule has 7 heteroatoms. The summed E-state index contributed by atoms with van der Waals surface area (Å²) < 4.78 is 27.2. The average molecular weight is 390 g/mol. The van der Waals surface area contributed by atoms with E-state index in [-0.39, 0.29) is 23.3 Å². The number of ketones is 1. The maximum atomic E-state index is 14.3. The molecule has 1 fully saturated rings. The monoisotopic (exact) mass is 390 g/mol. The van der Waals surface area contributed by atoms with E-state index in [1.54, 1.807) is 29.2 Å². The lowest BCUT2D eigenvalue weighted by Crippen LogP contribution is -2.49. The Morgan fingerprint density at radius 2 is 1.67 bits per heavy atom. The van der Waals surface area contributed by atoms with Crippen LogP contribution in [0.2, 0.25) is 0 Å². The molecule has 1 saturated heterocycles. The molecule has 0 spiro atoms. The summed E-state index contributed by atoms with van der Waals surface area (Å²) in [5.74, 6) is -0.599. The summed E-state index contributed by atoms with van der Waals surface area (Å²) in [6.45, 7) is 3.49. The second-order valence-electron chi connectivity index (χ2n) is 6.33. The summed E-state index contributed by atoms with van der Waals surface area (Å²) in [6.07, 6.45) is 0. The van der Waals surface area contributed by atoms with Gasteiger partial charge in [-0.1, -0.05) is 0 Å². The second kappa shape index (κ2) is 8.52. The molecule has 2 aromatic carbocycles. The summed E-state index contributed by atoms with van der Waals surface area (Å²) in [5.41, 5.74) is 0.802. The quantitative estimate of drug-likeness (QED) is 0.578. The van der Waals surface area contributed by atoms with E-state index in [2.05, 4.69) is 0 Å². The van der Waals surface area contributed by atoms with Crippen molar-refractivity contribution in [2.75, 3.05) is 36.8 Å². The van der Waals surface area contributed by atoms with Crippen LogP contribution in [0.25, 0.3) is 0 Å². The topological polar surface area (TPSA) is 40.6 Å². The van der Waals surface area contributed by atoms with Crippen LogP contribution in [0.3, 0.4) is 0 Å². The lowest BCUT2D eigenvalue weighted by molar-refractivity contribution is -0.128. The Labute approximate surface area is 161 Å². The minimum atomic E-state index is -0.422. The van der Waals surface area contributed by atoms with E-state index in [1.807, 2.05) is 4.90 Å². The molecule has 2 aromatic rings. The SMILES string of the molecule is CC(=O)c1ccc(N2CCN(C(=O)CSc3ccc(F)cc3)CC2)c(F)c1. The molecule has 1 amide bonds. The van der Waals surface area contributed by atoms with Crippen LogP contribution >= 0.6 is 11.8 Å². The largest absolute Gasteiger partial charge is 0.366 e. The summed E-state index contributed by atoms with van der Waals surface area (Å²) >= 11 is 1.37. The molecule has 142 valence electrons. The fourth-order valence-electron chi connectivity index (χ4n) is 2.95. The summed E-state index contributed by atoms with van der Waals surface area (Å²) in [6, 6.07) is 10.5. The number of hydrogen-bond acceptors (Lipinski definition) is 4. The van der Waals surface area contributed by atoms with Crippen LogP contribution in [0.4, 0.5) is 14.5 Å². The van der Waals surface area contributed by atoms with Crippen molar-refractivity contribution in [2.24, 2.45) is 0 Å². The van der Waals surface area contributed by atoms with Gasteiger partial charge in [-0.15, -0.1) is 11.8 Å². The lowest BCUT2D eigenvalue weighted by Gasteiger charge is -2.36. The van der Waals surface area contributed by atoms with Gasteiger partial charge in [-0.25, -0.2) is 8.78 Å². The number of halogens is 2.